The summed E-state index contributed by atoms with van der Waals surface area (Å²) in [6.07, 6.45) is 1.16. The van der Waals surface area contributed by atoms with Gasteiger partial charge in [-0.3, -0.25) is 0 Å². The lowest BCUT2D eigenvalue weighted by Crippen LogP contribution is -2.08. The Bertz CT molecular complexity index is 717. The second-order valence-corrected chi connectivity index (χ2v) is 6.68. The fourth-order valence-corrected chi connectivity index (χ4v) is 3.44. The molecule has 0 aliphatic rings. The van der Waals surface area contributed by atoms with E-state index in [1.165, 1.54) is 18.2 Å². The van der Waals surface area contributed by atoms with Gasteiger partial charge < -0.3 is 9.52 Å². The van der Waals surface area contributed by atoms with Gasteiger partial charge in [0.05, 0.1) is 11.2 Å². The van der Waals surface area contributed by atoms with E-state index in [1.807, 2.05) is 0 Å². The summed E-state index contributed by atoms with van der Waals surface area (Å²) in [6, 6.07) is 7.43. The van der Waals surface area contributed by atoms with Crippen LogP contribution in [0.4, 0.5) is 0 Å². The summed E-state index contributed by atoms with van der Waals surface area (Å²) in [5.41, 5.74) is -0.140. The number of aromatic carboxylic acids is 1. The summed E-state index contributed by atoms with van der Waals surface area (Å²) >= 11 is 3.19. The maximum Gasteiger partial charge on any atom is 0.339 e. The van der Waals surface area contributed by atoms with E-state index in [1.54, 1.807) is 12.1 Å². The summed E-state index contributed by atoms with van der Waals surface area (Å²) < 4.78 is 29.9. The highest BCUT2D eigenvalue weighted by Crippen LogP contribution is 2.22. The lowest BCUT2D eigenvalue weighted by Gasteiger charge is -2.04. The largest absolute Gasteiger partial charge is 0.478 e. The average molecular weight is 345 g/mol. The van der Waals surface area contributed by atoms with Crippen LogP contribution in [0.25, 0.3) is 0 Å². The minimum absolute atomic E-state index is 0.0764. The van der Waals surface area contributed by atoms with Gasteiger partial charge in [-0.1, -0.05) is 22.0 Å². The molecule has 0 atom stereocenters. The van der Waals surface area contributed by atoms with Crippen molar-refractivity contribution in [2.45, 2.75) is 10.6 Å². The third-order valence-electron chi connectivity index (χ3n) is 2.45. The Hall–Kier alpha value is -1.60. The van der Waals surface area contributed by atoms with E-state index in [2.05, 4.69) is 15.9 Å². The Balaban J connectivity index is 2.37. The third kappa shape index (κ3) is 3.05. The number of furan rings is 1. The van der Waals surface area contributed by atoms with Crippen LogP contribution in [0.2, 0.25) is 0 Å². The Morgan fingerprint density at radius 1 is 1.32 bits per heavy atom. The molecule has 0 spiro atoms. The molecule has 0 saturated heterocycles. The van der Waals surface area contributed by atoms with E-state index < -0.39 is 21.6 Å². The van der Waals surface area contributed by atoms with Crippen molar-refractivity contribution in [2.75, 3.05) is 0 Å². The van der Waals surface area contributed by atoms with Crippen molar-refractivity contribution in [3.8, 4) is 0 Å². The lowest BCUT2D eigenvalue weighted by atomic mass is 10.3. The van der Waals surface area contributed by atoms with Gasteiger partial charge in [-0.25, -0.2) is 13.2 Å². The molecule has 0 unspecified atom stereocenters. The molecule has 2 rings (SSSR count). The highest BCUT2D eigenvalue weighted by Gasteiger charge is 2.22. The zero-order valence-electron chi connectivity index (χ0n) is 9.54. The molecule has 19 heavy (non-hydrogen) atoms. The summed E-state index contributed by atoms with van der Waals surface area (Å²) in [5, 5.41) is 8.90. The van der Waals surface area contributed by atoms with Crippen molar-refractivity contribution in [3.05, 3.63) is 52.4 Å². The fraction of sp³-hybridized carbons (Fsp3) is 0.0833. The Labute approximate surface area is 117 Å². The predicted molar refractivity (Wildman–Crippen MR) is 70.7 cm³/mol. The first-order valence-corrected chi connectivity index (χ1v) is 7.62. The molecule has 0 radical (unpaired) electrons. The Kier molecular flexibility index (Phi) is 3.77. The molecule has 0 bridgehead atoms. The number of benzene rings is 1. The number of carboxylic acids is 1. The van der Waals surface area contributed by atoms with Crippen molar-refractivity contribution >= 4 is 31.7 Å². The van der Waals surface area contributed by atoms with Gasteiger partial charge in [-0.05, 0) is 24.3 Å². The van der Waals surface area contributed by atoms with Gasteiger partial charge in [0, 0.05) is 4.47 Å². The normalized spacial score (nSPS) is 11.4. The second-order valence-electron chi connectivity index (χ2n) is 3.78. The maximum atomic E-state index is 12.2. The molecule has 0 amide bonds. The van der Waals surface area contributed by atoms with E-state index in [4.69, 9.17) is 9.52 Å². The Morgan fingerprint density at radius 3 is 2.68 bits per heavy atom. The van der Waals surface area contributed by atoms with Gasteiger partial charge in [-0.2, -0.15) is 0 Å². The van der Waals surface area contributed by atoms with Gasteiger partial charge in [0.25, 0.3) is 0 Å². The molecule has 0 saturated carbocycles. The summed E-state index contributed by atoms with van der Waals surface area (Å²) in [6.45, 7) is 0. The Morgan fingerprint density at radius 2 is 2.05 bits per heavy atom. The van der Waals surface area contributed by atoms with E-state index in [0.717, 1.165) is 6.26 Å². The van der Waals surface area contributed by atoms with E-state index in [9.17, 15) is 13.2 Å². The number of hydrogen-bond acceptors (Lipinski definition) is 4. The molecule has 2 aromatic rings. The summed E-state index contributed by atoms with van der Waals surface area (Å²) in [4.78, 5) is 11.0. The second kappa shape index (κ2) is 5.18. The number of hydrogen-bond donors (Lipinski definition) is 1. The SMILES string of the molecule is O=C(O)c1ccoc1CS(=O)(=O)c1cccc(Br)c1. The zero-order chi connectivity index (χ0) is 14.0. The van der Waals surface area contributed by atoms with Crippen LogP contribution < -0.4 is 0 Å². The number of carbonyl (C=O) groups is 1. The van der Waals surface area contributed by atoms with Crippen LogP contribution in [0, 0.1) is 0 Å². The molecule has 0 aliphatic carbocycles. The van der Waals surface area contributed by atoms with Crippen LogP contribution in [0.15, 0.2) is 50.4 Å². The molecular weight excluding hydrogens is 336 g/mol. The molecule has 7 heteroatoms. The lowest BCUT2D eigenvalue weighted by molar-refractivity contribution is 0.0695. The summed E-state index contributed by atoms with van der Waals surface area (Å²) in [5.74, 6) is -1.78. The monoisotopic (exact) mass is 344 g/mol. The molecule has 0 aliphatic heterocycles. The topological polar surface area (TPSA) is 84.6 Å². The molecule has 5 nitrogen and oxygen atoms in total. The first-order valence-electron chi connectivity index (χ1n) is 5.18. The maximum absolute atomic E-state index is 12.2. The number of carboxylic acid groups (broad SMARTS) is 1. The molecule has 0 fully saturated rings. The van der Waals surface area contributed by atoms with E-state index in [-0.39, 0.29) is 16.2 Å². The minimum Gasteiger partial charge on any atom is -0.478 e. The highest BCUT2D eigenvalue weighted by atomic mass is 79.9. The number of rotatable bonds is 4. The predicted octanol–water partition coefficient (Wildman–Crippen LogP) is 2.71. The van der Waals surface area contributed by atoms with Crippen molar-refractivity contribution in [3.63, 3.8) is 0 Å². The van der Waals surface area contributed by atoms with Crippen LogP contribution >= 0.6 is 15.9 Å². The smallest absolute Gasteiger partial charge is 0.339 e. The van der Waals surface area contributed by atoms with Gasteiger partial charge in [0.15, 0.2) is 9.84 Å². The van der Waals surface area contributed by atoms with Crippen LogP contribution in [-0.2, 0) is 15.6 Å². The van der Waals surface area contributed by atoms with E-state index in [0.29, 0.717) is 4.47 Å². The minimum atomic E-state index is -3.65. The fourth-order valence-electron chi connectivity index (χ4n) is 1.56. The summed E-state index contributed by atoms with van der Waals surface area (Å²) in [7, 11) is -3.65. The van der Waals surface area contributed by atoms with Gasteiger partial charge in [0.2, 0.25) is 0 Å². The molecule has 1 aromatic carbocycles. The van der Waals surface area contributed by atoms with E-state index >= 15 is 0 Å². The standard InChI is InChI=1S/C12H9BrO5S/c13-8-2-1-3-9(6-8)19(16,17)7-11-10(12(14)15)4-5-18-11/h1-6H,7H2,(H,14,15). The molecule has 1 N–H and O–H groups in total. The first-order chi connectivity index (χ1) is 8.90. The van der Waals surface area contributed by atoms with Crippen molar-refractivity contribution in [2.24, 2.45) is 0 Å². The van der Waals surface area contributed by atoms with Crippen molar-refractivity contribution in [1.82, 2.24) is 0 Å². The van der Waals surface area contributed by atoms with Crippen molar-refractivity contribution < 1.29 is 22.7 Å². The van der Waals surface area contributed by atoms with Gasteiger partial charge in [0.1, 0.15) is 17.1 Å². The van der Waals surface area contributed by atoms with Crippen molar-refractivity contribution in [1.29, 1.82) is 0 Å². The molecular formula is C12H9BrO5S. The van der Waals surface area contributed by atoms with Gasteiger partial charge in [-0.15, -0.1) is 0 Å². The number of halogens is 1. The average Bonchev–Trinajstić information content (AvgIpc) is 2.76. The quantitative estimate of drug-likeness (QED) is 0.921. The number of sulfone groups is 1. The van der Waals surface area contributed by atoms with Gasteiger partial charge >= 0.3 is 5.97 Å². The molecule has 100 valence electrons. The molecule has 1 aromatic heterocycles. The first kappa shape index (κ1) is 13.8. The van der Waals surface area contributed by atoms with Crippen LogP contribution in [-0.4, -0.2) is 19.5 Å². The molecule has 1 heterocycles. The highest BCUT2D eigenvalue weighted by molar-refractivity contribution is 9.10. The zero-order valence-corrected chi connectivity index (χ0v) is 11.9. The van der Waals surface area contributed by atoms with Crippen LogP contribution in [0.5, 0.6) is 0 Å². The van der Waals surface area contributed by atoms with Crippen LogP contribution in [0.1, 0.15) is 16.1 Å². The van der Waals surface area contributed by atoms with Crippen LogP contribution in [0.3, 0.4) is 0 Å². The third-order valence-corrected chi connectivity index (χ3v) is 4.56.